The van der Waals surface area contributed by atoms with Gasteiger partial charge in [-0.3, -0.25) is 4.98 Å². The zero-order valence-corrected chi connectivity index (χ0v) is 11.6. The molecule has 0 spiro atoms. The second kappa shape index (κ2) is 5.96. The molecule has 1 aliphatic rings. The maximum atomic E-state index is 4.50. The summed E-state index contributed by atoms with van der Waals surface area (Å²) >= 11 is 0. The third-order valence-electron chi connectivity index (χ3n) is 3.46. The zero-order valence-electron chi connectivity index (χ0n) is 11.6. The van der Waals surface area contributed by atoms with Crippen molar-refractivity contribution in [2.24, 2.45) is 0 Å². The highest BCUT2D eigenvalue weighted by molar-refractivity contribution is 5.61. The summed E-state index contributed by atoms with van der Waals surface area (Å²) in [5.74, 6) is 1.68. The molecule has 2 N–H and O–H groups in total. The van der Waals surface area contributed by atoms with E-state index in [1.165, 1.54) is 12.8 Å². The molecule has 0 aromatic carbocycles. The van der Waals surface area contributed by atoms with Crippen LogP contribution in [0.3, 0.4) is 0 Å². The monoisotopic (exact) mass is 269 g/mol. The summed E-state index contributed by atoms with van der Waals surface area (Å²) in [4.78, 5) is 13.0. The predicted molar refractivity (Wildman–Crippen MR) is 79.5 cm³/mol. The third-order valence-corrected chi connectivity index (χ3v) is 3.46. The fourth-order valence-corrected chi connectivity index (χ4v) is 2.50. The maximum absolute atomic E-state index is 4.50. The van der Waals surface area contributed by atoms with E-state index < -0.39 is 0 Å². The van der Waals surface area contributed by atoms with Gasteiger partial charge in [0.05, 0.1) is 5.69 Å². The summed E-state index contributed by atoms with van der Waals surface area (Å²) in [6.45, 7) is 4.03. The molecular formula is C15H19N5. The number of pyridine rings is 1. The van der Waals surface area contributed by atoms with Crippen LogP contribution in [0.4, 0.5) is 5.82 Å². The van der Waals surface area contributed by atoms with Gasteiger partial charge >= 0.3 is 0 Å². The smallest absolute Gasteiger partial charge is 0.130 e. The minimum Gasteiger partial charge on any atom is -0.366 e. The molecule has 0 aliphatic carbocycles. The molecule has 1 atom stereocenters. The normalized spacial score (nSPS) is 18.8. The van der Waals surface area contributed by atoms with Crippen molar-refractivity contribution in [3.05, 3.63) is 36.4 Å². The number of piperidine rings is 1. The lowest BCUT2D eigenvalue weighted by atomic mass is 10.1. The molecule has 3 rings (SSSR count). The van der Waals surface area contributed by atoms with Crippen LogP contribution in [0.25, 0.3) is 11.3 Å². The predicted octanol–water partition coefficient (Wildman–Crippen LogP) is 2.01. The number of aryl methyl sites for hydroxylation is 1. The van der Waals surface area contributed by atoms with Crippen LogP contribution in [0.5, 0.6) is 0 Å². The minimum atomic E-state index is 0.448. The highest BCUT2D eigenvalue weighted by Gasteiger charge is 2.14. The van der Waals surface area contributed by atoms with E-state index in [1.54, 1.807) is 12.4 Å². The zero-order chi connectivity index (χ0) is 13.8. The van der Waals surface area contributed by atoms with E-state index >= 15 is 0 Å². The Hall–Kier alpha value is -2.01. The van der Waals surface area contributed by atoms with Crippen LogP contribution >= 0.6 is 0 Å². The Morgan fingerprint density at radius 3 is 2.85 bits per heavy atom. The Labute approximate surface area is 118 Å². The summed E-state index contributed by atoms with van der Waals surface area (Å²) in [7, 11) is 0. The molecule has 104 valence electrons. The average Bonchev–Trinajstić information content (AvgIpc) is 2.49. The third kappa shape index (κ3) is 3.11. The number of rotatable bonds is 3. The van der Waals surface area contributed by atoms with Crippen molar-refractivity contribution in [1.29, 1.82) is 0 Å². The largest absolute Gasteiger partial charge is 0.366 e. The van der Waals surface area contributed by atoms with E-state index in [2.05, 4.69) is 25.6 Å². The molecule has 0 amide bonds. The van der Waals surface area contributed by atoms with Crippen molar-refractivity contribution in [2.75, 3.05) is 18.4 Å². The lowest BCUT2D eigenvalue weighted by molar-refractivity contribution is 0.479. The van der Waals surface area contributed by atoms with Crippen LogP contribution in [0, 0.1) is 6.92 Å². The number of hydrogen-bond donors (Lipinski definition) is 2. The van der Waals surface area contributed by atoms with Crippen LogP contribution in [0.1, 0.15) is 18.7 Å². The molecule has 3 heterocycles. The van der Waals surface area contributed by atoms with E-state index in [1.807, 2.05) is 25.1 Å². The van der Waals surface area contributed by atoms with Crippen LogP contribution < -0.4 is 10.6 Å². The van der Waals surface area contributed by atoms with E-state index in [0.29, 0.717) is 6.04 Å². The molecule has 2 aromatic heterocycles. The van der Waals surface area contributed by atoms with Gasteiger partial charge in [0.2, 0.25) is 0 Å². The van der Waals surface area contributed by atoms with Gasteiger partial charge in [-0.2, -0.15) is 0 Å². The van der Waals surface area contributed by atoms with Crippen LogP contribution in [-0.4, -0.2) is 34.1 Å². The number of aromatic nitrogens is 3. The molecule has 5 nitrogen and oxygen atoms in total. The molecule has 5 heteroatoms. The van der Waals surface area contributed by atoms with E-state index in [9.17, 15) is 0 Å². The van der Waals surface area contributed by atoms with Gasteiger partial charge in [0, 0.05) is 36.6 Å². The van der Waals surface area contributed by atoms with Crippen molar-refractivity contribution in [2.45, 2.75) is 25.8 Å². The number of nitrogens with one attached hydrogen (secondary N) is 2. The maximum Gasteiger partial charge on any atom is 0.130 e. The van der Waals surface area contributed by atoms with E-state index in [-0.39, 0.29) is 0 Å². The molecule has 0 bridgehead atoms. The van der Waals surface area contributed by atoms with Gasteiger partial charge in [-0.25, -0.2) is 9.97 Å². The van der Waals surface area contributed by atoms with E-state index in [0.717, 1.165) is 36.0 Å². The standard InChI is InChI=1S/C15H19N5/c1-11-18-14(12-4-7-16-8-5-12)9-15(19-11)20-13-3-2-6-17-10-13/h4-5,7-9,13,17H,2-3,6,10H2,1H3,(H,18,19,20). The van der Waals surface area contributed by atoms with Gasteiger partial charge in [0.25, 0.3) is 0 Å². The van der Waals surface area contributed by atoms with Crippen molar-refractivity contribution < 1.29 is 0 Å². The first-order valence-electron chi connectivity index (χ1n) is 7.04. The Bertz CT molecular complexity index is 564. The fraction of sp³-hybridized carbons (Fsp3) is 0.400. The molecule has 0 radical (unpaired) electrons. The summed E-state index contributed by atoms with van der Waals surface area (Å²) in [6, 6.07) is 6.39. The second-order valence-electron chi connectivity index (χ2n) is 5.11. The summed E-state index contributed by atoms with van der Waals surface area (Å²) in [6.07, 6.45) is 5.95. The van der Waals surface area contributed by atoms with Gasteiger partial charge in [0.15, 0.2) is 0 Å². The summed E-state index contributed by atoms with van der Waals surface area (Å²) in [5, 5.41) is 6.90. The Balaban J connectivity index is 1.83. The Morgan fingerprint density at radius 1 is 1.25 bits per heavy atom. The first-order chi connectivity index (χ1) is 9.81. The van der Waals surface area contributed by atoms with Gasteiger partial charge in [-0.15, -0.1) is 0 Å². The molecule has 1 saturated heterocycles. The molecule has 1 aliphatic heterocycles. The first kappa shape index (κ1) is 13.0. The molecular weight excluding hydrogens is 250 g/mol. The van der Waals surface area contributed by atoms with Crippen molar-refractivity contribution >= 4 is 5.82 Å². The quantitative estimate of drug-likeness (QED) is 0.892. The van der Waals surface area contributed by atoms with Gasteiger partial charge < -0.3 is 10.6 Å². The molecule has 1 unspecified atom stereocenters. The summed E-state index contributed by atoms with van der Waals surface area (Å²) < 4.78 is 0. The molecule has 2 aromatic rings. The lowest BCUT2D eigenvalue weighted by Gasteiger charge is -2.24. The first-order valence-corrected chi connectivity index (χ1v) is 7.04. The molecule has 0 saturated carbocycles. The topological polar surface area (TPSA) is 62.7 Å². The Morgan fingerprint density at radius 2 is 2.10 bits per heavy atom. The van der Waals surface area contributed by atoms with Gasteiger partial charge in [-0.1, -0.05) is 0 Å². The van der Waals surface area contributed by atoms with E-state index in [4.69, 9.17) is 0 Å². The number of nitrogens with zero attached hydrogens (tertiary/aromatic N) is 3. The number of hydrogen-bond acceptors (Lipinski definition) is 5. The van der Waals surface area contributed by atoms with Crippen molar-refractivity contribution in [1.82, 2.24) is 20.3 Å². The lowest BCUT2D eigenvalue weighted by Crippen LogP contribution is -2.38. The van der Waals surface area contributed by atoms with Gasteiger partial charge in [-0.05, 0) is 38.4 Å². The van der Waals surface area contributed by atoms with Crippen LogP contribution in [0.2, 0.25) is 0 Å². The highest BCUT2D eigenvalue weighted by atomic mass is 15.1. The molecule has 1 fully saturated rings. The van der Waals surface area contributed by atoms with Gasteiger partial charge in [0.1, 0.15) is 11.6 Å². The highest BCUT2D eigenvalue weighted by Crippen LogP contribution is 2.20. The van der Waals surface area contributed by atoms with Crippen molar-refractivity contribution in [3.8, 4) is 11.3 Å². The van der Waals surface area contributed by atoms with Crippen molar-refractivity contribution in [3.63, 3.8) is 0 Å². The second-order valence-corrected chi connectivity index (χ2v) is 5.11. The fourth-order valence-electron chi connectivity index (χ4n) is 2.50. The summed E-state index contributed by atoms with van der Waals surface area (Å²) in [5.41, 5.74) is 2.00. The number of anilines is 1. The van der Waals surface area contributed by atoms with Crippen LogP contribution in [-0.2, 0) is 0 Å². The average molecular weight is 269 g/mol. The SMILES string of the molecule is Cc1nc(NC2CCCNC2)cc(-c2ccncc2)n1. The minimum absolute atomic E-state index is 0.448. The van der Waals surface area contributed by atoms with Crippen LogP contribution in [0.15, 0.2) is 30.6 Å². The molecule has 20 heavy (non-hydrogen) atoms. The Kier molecular flexibility index (Phi) is 3.87.